The van der Waals surface area contributed by atoms with E-state index in [1.54, 1.807) is 18.2 Å². The fourth-order valence-electron chi connectivity index (χ4n) is 2.83. The van der Waals surface area contributed by atoms with Crippen LogP contribution in [0.2, 0.25) is 10.0 Å². The predicted molar refractivity (Wildman–Crippen MR) is 97.0 cm³/mol. The van der Waals surface area contributed by atoms with Crippen LogP contribution in [0.25, 0.3) is 0 Å². The topological polar surface area (TPSA) is 70.7 Å². The van der Waals surface area contributed by atoms with E-state index in [9.17, 15) is 9.59 Å². The summed E-state index contributed by atoms with van der Waals surface area (Å²) in [5, 5.41) is 6.43. The van der Waals surface area contributed by atoms with Crippen molar-refractivity contribution in [1.82, 2.24) is 10.2 Å². The molecule has 0 spiro atoms. The first-order valence-corrected chi connectivity index (χ1v) is 9.12. The van der Waals surface area contributed by atoms with Gasteiger partial charge in [0.1, 0.15) is 5.41 Å². The van der Waals surface area contributed by atoms with Crippen LogP contribution in [-0.4, -0.2) is 56.1 Å². The van der Waals surface area contributed by atoms with Crippen LogP contribution in [0.3, 0.4) is 0 Å². The maximum atomic E-state index is 12.5. The van der Waals surface area contributed by atoms with E-state index in [0.717, 1.165) is 32.8 Å². The molecule has 0 bridgehead atoms. The second-order valence-corrected chi connectivity index (χ2v) is 7.19. The molecular formula is C17H21Cl2N3O3. The molecule has 8 heteroatoms. The third kappa shape index (κ3) is 4.44. The third-order valence-corrected chi connectivity index (χ3v) is 5.35. The Bertz CT molecular complexity index is 659. The van der Waals surface area contributed by atoms with Crippen molar-refractivity contribution in [2.45, 2.75) is 12.8 Å². The summed E-state index contributed by atoms with van der Waals surface area (Å²) in [6, 6.07) is 4.86. The maximum Gasteiger partial charge on any atom is 0.240 e. The Labute approximate surface area is 156 Å². The monoisotopic (exact) mass is 385 g/mol. The van der Waals surface area contributed by atoms with Gasteiger partial charge in [0.15, 0.2) is 0 Å². The van der Waals surface area contributed by atoms with Crippen molar-refractivity contribution in [1.29, 1.82) is 0 Å². The molecule has 0 unspecified atom stereocenters. The smallest absolute Gasteiger partial charge is 0.240 e. The van der Waals surface area contributed by atoms with Gasteiger partial charge in [0.25, 0.3) is 0 Å². The summed E-state index contributed by atoms with van der Waals surface area (Å²) in [5.74, 6) is -0.506. The van der Waals surface area contributed by atoms with Gasteiger partial charge in [0, 0.05) is 31.9 Å². The van der Waals surface area contributed by atoms with Gasteiger partial charge in [0.2, 0.25) is 11.8 Å². The molecule has 1 aliphatic heterocycles. The number of ether oxygens (including phenoxy) is 1. The zero-order valence-electron chi connectivity index (χ0n) is 13.8. The number of morpholine rings is 1. The standard InChI is InChI=1S/C17H21Cl2N3O3/c18-13-2-1-12(11-14(13)19)21-16(24)17(3-4-17)15(23)20-5-6-22-7-9-25-10-8-22/h1-2,11H,3-10H2,(H,20,23)(H,21,24). The highest BCUT2D eigenvalue weighted by atomic mass is 35.5. The molecule has 2 N–H and O–H groups in total. The van der Waals surface area contributed by atoms with Crippen LogP contribution in [-0.2, 0) is 14.3 Å². The summed E-state index contributed by atoms with van der Waals surface area (Å²) in [4.78, 5) is 27.2. The van der Waals surface area contributed by atoms with Gasteiger partial charge in [-0.3, -0.25) is 14.5 Å². The molecule has 0 atom stereocenters. The quantitative estimate of drug-likeness (QED) is 0.736. The normalized spacial score (nSPS) is 19.3. The van der Waals surface area contributed by atoms with Gasteiger partial charge in [-0.05, 0) is 31.0 Å². The van der Waals surface area contributed by atoms with E-state index in [2.05, 4.69) is 15.5 Å². The number of anilines is 1. The molecule has 136 valence electrons. The van der Waals surface area contributed by atoms with Crippen molar-refractivity contribution in [2.75, 3.05) is 44.7 Å². The molecule has 3 rings (SSSR count). The molecule has 2 amide bonds. The number of nitrogens with one attached hydrogen (secondary N) is 2. The van der Waals surface area contributed by atoms with Crippen LogP contribution in [0, 0.1) is 5.41 Å². The molecule has 0 aromatic heterocycles. The van der Waals surface area contributed by atoms with Crippen LogP contribution in [0.1, 0.15) is 12.8 Å². The fourth-order valence-corrected chi connectivity index (χ4v) is 3.13. The van der Waals surface area contributed by atoms with Crippen molar-refractivity contribution in [3.8, 4) is 0 Å². The first-order valence-electron chi connectivity index (χ1n) is 8.36. The average Bonchev–Trinajstić information content (AvgIpc) is 3.41. The summed E-state index contributed by atoms with van der Waals surface area (Å²) in [6.07, 6.45) is 1.12. The van der Waals surface area contributed by atoms with E-state index in [1.165, 1.54) is 0 Å². The number of rotatable bonds is 6. The second-order valence-electron chi connectivity index (χ2n) is 6.38. The Kier molecular flexibility index (Phi) is 5.84. The molecule has 1 aromatic carbocycles. The van der Waals surface area contributed by atoms with Crippen LogP contribution >= 0.6 is 23.2 Å². The highest BCUT2D eigenvalue weighted by Gasteiger charge is 2.56. The van der Waals surface area contributed by atoms with E-state index in [4.69, 9.17) is 27.9 Å². The molecule has 2 fully saturated rings. The van der Waals surface area contributed by atoms with E-state index in [-0.39, 0.29) is 11.8 Å². The van der Waals surface area contributed by atoms with Crippen molar-refractivity contribution in [3.63, 3.8) is 0 Å². The lowest BCUT2D eigenvalue weighted by molar-refractivity contribution is -0.134. The van der Waals surface area contributed by atoms with Crippen LogP contribution < -0.4 is 10.6 Å². The number of nitrogens with zero attached hydrogens (tertiary/aromatic N) is 1. The molecule has 1 aliphatic carbocycles. The predicted octanol–water partition coefficient (Wildman–Crippen LogP) is 2.16. The number of hydrogen-bond donors (Lipinski definition) is 2. The summed E-state index contributed by atoms with van der Waals surface area (Å²) in [7, 11) is 0. The highest BCUT2D eigenvalue weighted by Crippen LogP contribution is 2.47. The van der Waals surface area contributed by atoms with Crippen LogP contribution in [0.5, 0.6) is 0 Å². The van der Waals surface area contributed by atoms with Gasteiger partial charge in [-0.2, -0.15) is 0 Å². The largest absolute Gasteiger partial charge is 0.379 e. The molecule has 0 radical (unpaired) electrons. The number of halogens is 2. The molecule has 1 saturated heterocycles. The van der Waals surface area contributed by atoms with Gasteiger partial charge >= 0.3 is 0 Å². The minimum atomic E-state index is -0.961. The zero-order valence-corrected chi connectivity index (χ0v) is 15.3. The SMILES string of the molecule is O=C(NCCN1CCOCC1)C1(C(=O)Nc2ccc(Cl)c(Cl)c2)CC1. The maximum absolute atomic E-state index is 12.5. The van der Waals surface area contributed by atoms with Crippen LogP contribution in [0.4, 0.5) is 5.69 Å². The van der Waals surface area contributed by atoms with Crippen LogP contribution in [0.15, 0.2) is 18.2 Å². The van der Waals surface area contributed by atoms with Crippen molar-refractivity contribution in [2.24, 2.45) is 5.41 Å². The molecule has 25 heavy (non-hydrogen) atoms. The molecule has 2 aliphatic rings. The van der Waals surface area contributed by atoms with Gasteiger partial charge in [-0.15, -0.1) is 0 Å². The Morgan fingerprint density at radius 2 is 1.84 bits per heavy atom. The van der Waals surface area contributed by atoms with Gasteiger partial charge < -0.3 is 15.4 Å². The summed E-state index contributed by atoms with van der Waals surface area (Å²) in [5.41, 5.74) is -0.427. The number of benzene rings is 1. The van der Waals surface area contributed by atoms with Crippen molar-refractivity contribution < 1.29 is 14.3 Å². The molecular weight excluding hydrogens is 365 g/mol. The number of carbonyl (C=O) groups is 2. The Hall–Kier alpha value is -1.34. The Morgan fingerprint density at radius 1 is 1.12 bits per heavy atom. The third-order valence-electron chi connectivity index (χ3n) is 4.61. The Morgan fingerprint density at radius 3 is 2.48 bits per heavy atom. The minimum Gasteiger partial charge on any atom is -0.379 e. The zero-order chi connectivity index (χ0) is 17.9. The highest BCUT2D eigenvalue weighted by molar-refractivity contribution is 6.42. The van der Waals surface area contributed by atoms with E-state index >= 15 is 0 Å². The summed E-state index contributed by atoms with van der Waals surface area (Å²) >= 11 is 11.8. The first-order chi connectivity index (χ1) is 12.0. The lowest BCUT2D eigenvalue weighted by atomic mass is 10.1. The number of amides is 2. The lowest BCUT2D eigenvalue weighted by Crippen LogP contribution is -2.45. The summed E-state index contributed by atoms with van der Waals surface area (Å²) in [6.45, 7) is 4.49. The van der Waals surface area contributed by atoms with E-state index in [1.807, 2.05) is 0 Å². The van der Waals surface area contributed by atoms with Gasteiger partial charge in [0.05, 0.1) is 23.3 Å². The van der Waals surface area contributed by atoms with Crippen molar-refractivity contribution >= 4 is 40.7 Å². The Balaban J connectivity index is 1.50. The number of carbonyl (C=O) groups excluding carboxylic acids is 2. The molecule has 6 nitrogen and oxygen atoms in total. The molecule has 1 heterocycles. The van der Waals surface area contributed by atoms with E-state index < -0.39 is 5.41 Å². The van der Waals surface area contributed by atoms with Crippen molar-refractivity contribution in [3.05, 3.63) is 28.2 Å². The first kappa shape index (κ1) is 18.5. The van der Waals surface area contributed by atoms with E-state index in [0.29, 0.717) is 35.1 Å². The van der Waals surface area contributed by atoms with Gasteiger partial charge in [-0.1, -0.05) is 23.2 Å². The minimum absolute atomic E-state index is 0.210. The fraction of sp³-hybridized carbons (Fsp3) is 0.529. The summed E-state index contributed by atoms with van der Waals surface area (Å²) < 4.78 is 5.30. The lowest BCUT2D eigenvalue weighted by Gasteiger charge is -2.26. The number of hydrogen-bond acceptors (Lipinski definition) is 4. The molecule has 1 saturated carbocycles. The van der Waals surface area contributed by atoms with Gasteiger partial charge in [-0.25, -0.2) is 0 Å². The molecule has 1 aromatic rings. The second kappa shape index (κ2) is 7.91. The average molecular weight is 386 g/mol.